The van der Waals surface area contributed by atoms with Crippen LogP contribution in [0.1, 0.15) is 40.5 Å². The Morgan fingerprint density at radius 1 is 1.31 bits per heavy atom. The molecule has 0 bridgehead atoms. The lowest BCUT2D eigenvalue weighted by atomic mass is 9.88. The second-order valence-corrected chi connectivity index (χ2v) is 7.85. The fourth-order valence-corrected chi connectivity index (χ4v) is 4.52. The molecule has 134 valence electrons. The Hall–Kier alpha value is -2.47. The van der Waals surface area contributed by atoms with Crippen LogP contribution in [0.4, 0.5) is 0 Å². The van der Waals surface area contributed by atoms with E-state index in [1.165, 1.54) is 22.3 Å². The molecule has 1 aliphatic rings. The summed E-state index contributed by atoms with van der Waals surface area (Å²) in [4.78, 5) is 23.1. The molecule has 0 unspecified atom stereocenters. The standard InChI is InChI=1S/C20H21N3O2S/c1-12-13(2)26-20-18(12)19(21-11-22-20)25-10-17(24)23-16-9-5-7-14-6-3-4-8-15(14)16/h3-4,6,8,11,16H,5,7,9-10H2,1-2H3,(H,23,24)/t16-/m0/s1. The smallest absolute Gasteiger partial charge is 0.258 e. The number of carbonyl (C=O) groups is 1. The number of fused-ring (bicyclic) bond motifs is 2. The molecule has 0 spiro atoms. The third-order valence-corrected chi connectivity index (χ3v) is 6.09. The van der Waals surface area contributed by atoms with Gasteiger partial charge in [0.1, 0.15) is 11.2 Å². The van der Waals surface area contributed by atoms with Crippen LogP contribution in [0.2, 0.25) is 0 Å². The summed E-state index contributed by atoms with van der Waals surface area (Å²) in [6, 6.07) is 8.39. The van der Waals surface area contributed by atoms with Gasteiger partial charge in [-0.2, -0.15) is 0 Å². The number of aromatic nitrogens is 2. The quantitative estimate of drug-likeness (QED) is 0.760. The lowest BCUT2D eigenvalue weighted by Gasteiger charge is -2.26. The predicted molar refractivity (Wildman–Crippen MR) is 103 cm³/mol. The minimum Gasteiger partial charge on any atom is -0.467 e. The maximum Gasteiger partial charge on any atom is 0.258 e. The van der Waals surface area contributed by atoms with E-state index in [1.54, 1.807) is 11.3 Å². The zero-order valence-corrected chi connectivity index (χ0v) is 15.7. The number of aryl methyl sites for hydroxylation is 3. The first kappa shape index (κ1) is 17.0. The van der Waals surface area contributed by atoms with Gasteiger partial charge < -0.3 is 10.1 Å². The molecule has 1 N–H and O–H groups in total. The van der Waals surface area contributed by atoms with Crippen LogP contribution in [-0.2, 0) is 11.2 Å². The van der Waals surface area contributed by atoms with Crippen LogP contribution in [-0.4, -0.2) is 22.5 Å². The van der Waals surface area contributed by atoms with Crippen molar-refractivity contribution in [2.75, 3.05) is 6.61 Å². The molecule has 1 aromatic carbocycles. The Labute approximate surface area is 156 Å². The first-order valence-corrected chi connectivity index (χ1v) is 9.66. The molecular weight excluding hydrogens is 346 g/mol. The number of rotatable bonds is 4. The molecule has 2 aromatic heterocycles. The summed E-state index contributed by atoms with van der Waals surface area (Å²) in [5.41, 5.74) is 3.66. The Bertz CT molecular complexity index is 967. The number of hydrogen-bond donors (Lipinski definition) is 1. The second kappa shape index (κ2) is 7.03. The summed E-state index contributed by atoms with van der Waals surface area (Å²) in [5.74, 6) is 0.360. The molecule has 0 aliphatic heterocycles. The molecule has 0 saturated heterocycles. The highest BCUT2D eigenvalue weighted by Gasteiger charge is 2.22. The van der Waals surface area contributed by atoms with E-state index in [0.29, 0.717) is 5.88 Å². The van der Waals surface area contributed by atoms with Crippen molar-refractivity contribution in [1.29, 1.82) is 0 Å². The molecule has 5 nitrogen and oxygen atoms in total. The van der Waals surface area contributed by atoms with E-state index >= 15 is 0 Å². The fourth-order valence-electron chi connectivity index (χ4n) is 3.53. The van der Waals surface area contributed by atoms with Gasteiger partial charge in [0, 0.05) is 4.88 Å². The van der Waals surface area contributed by atoms with Crippen LogP contribution >= 0.6 is 11.3 Å². The van der Waals surface area contributed by atoms with E-state index in [-0.39, 0.29) is 18.6 Å². The molecule has 0 radical (unpaired) electrons. The van der Waals surface area contributed by atoms with Gasteiger partial charge in [-0.05, 0) is 49.8 Å². The molecule has 4 rings (SSSR count). The molecule has 0 saturated carbocycles. The summed E-state index contributed by atoms with van der Waals surface area (Å²) in [6.45, 7) is 4.04. The van der Waals surface area contributed by atoms with Crippen molar-refractivity contribution in [2.24, 2.45) is 0 Å². The van der Waals surface area contributed by atoms with Crippen LogP contribution in [0.5, 0.6) is 5.88 Å². The highest BCUT2D eigenvalue weighted by atomic mass is 32.1. The molecule has 6 heteroatoms. The fraction of sp³-hybridized carbons (Fsp3) is 0.350. The van der Waals surface area contributed by atoms with Gasteiger partial charge in [-0.15, -0.1) is 11.3 Å². The number of hydrogen-bond acceptors (Lipinski definition) is 5. The summed E-state index contributed by atoms with van der Waals surface area (Å²) in [7, 11) is 0. The lowest BCUT2D eigenvalue weighted by molar-refractivity contribution is -0.124. The first-order valence-electron chi connectivity index (χ1n) is 8.84. The Kier molecular flexibility index (Phi) is 4.59. The molecular formula is C20H21N3O2S. The van der Waals surface area contributed by atoms with Gasteiger partial charge >= 0.3 is 0 Å². The Morgan fingerprint density at radius 3 is 3.04 bits per heavy atom. The topological polar surface area (TPSA) is 64.1 Å². The SMILES string of the molecule is Cc1sc2ncnc(OCC(=O)N[C@H]3CCCc4ccccc43)c2c1C. The number of carbonyl (C=O) groups excluding carboxylic acids is 1. The van der Waals surface area contributed by atoms with E-state index in [0.717, 1.165) is 35.0 Å². The maximum absolute atomic E-state index is 12.4. The van der Waals surface area contributed by atoms with E-state index in [2.05, 4.69) is 40.4 Å². The molecule has 2 heterocycles. The zero-order chi connectivity index (χ0) is 18.1. The van der Waals surface area contributed by atoms with Crippen molar-refractivity contribution < 1.29 is 9.53 Å². The largest absolute Gasteiger partial charge is 0.467 e. The maximum atomic E-state index is 12.4. The minimum atomic E-state index is -0.122. The summed E-state index contributed by atoms with van der Waals surface area (Å²) < 4.78 is 5.75. The minimum absolute atomic E-state index is 0.0425. The molecule has 3 aromatic rings. The summed E-state index contributed by atoms with van der Waals surface area (Å²) >= 11 is 1.62. The first-order chi connectivity index (χ1) is 12.6. The number of nitrogens with one attached hydrogen (secondary N) is 1. The third kappa shape index (κ3) is 3.17. The third-order valence-electron chi connectivity index (χ3n) is 4.98. The normalized spacial score (nSPS) is 16.3. The zero-order valence-electron chi connectivity index (χ0n) is 14.9. The highest BCUT2D eigenvalue weighted by molar-refractivity contribution is 7.18. The summed E-state index contributed by atoms with van der Waals surface area (Å²) in [5, 5.41) is 4.02. The average Bonchev–Trinajstić information content (AvgIpc) is 2.95. The molecule has 1 aliphatic carbocycles. The van der Waals surface area contributed by atoms with Gasteiger partial charge in [0.25, 0.3) is 5.91 Å². The Morgan fingerprint density at radius 2 is 2.15 bits per heavy atom. The van der Waals surface area contributed by atoms with Crippen molar-refractivity contribution in [3.8, 4) is 5.88 Å². The predicted octanol–water partition coefficient (Wildman–Crippen LogP) is 3.88. The van der Waals surface area contributed by atoms with Gasteiger partial charge in [-0.25, -0.2) is 9.97 Å². The van der Waals surface area contributed by atoms with Crippen molar-refractivity contribution in [3.63, 3.8) is 0 Å². The van der Waals surface area contributed by atoms with E-state index < -0.39 is 0 Å². The van der Waals surface area contributed by atoms with Gasteiger partial charge in [-0.1, -0.05) is 24.3 Å². The van der Waals surface area contributed by atoms with Crippen molar-refractivity contribution in [2.45, 2.75) is 39.2 Å². The van der Waals surface area contributed by atoms with Crippen LogP contribution in [0.25, 0.3) is 10.2 Å². The number of ether oxygens (including phenoxy) is 1. The summed E-state index contributed by atoms with van der Waals surface area (Å²) in [6.07, 6.45) is 4.61. The van der Waals surface area contributed by atoms with Gasteiger partial charge in [0.2, 0.25) is 5.88 Å². The molecule has 1 amide bonds. The molecule has 1 atom stereocenters. The van der Waals surface area contributed by atoms with Crippen molar-refractivity contribution >= 4 is 27.5 Å². The van der Waals surface area contributed by atoms with Crippen LogP contribution in [0, 0.1) is 13.8 Å². The average molecular weight is 367 g/mol. The van der Waals surface area contributed by atoms with Gasteiger partial charge in [0.15, 0.2) is 6.61 Å². The van der Waals surface area contributed by atoms with Crippen molar-refractivity contribution in [1.82, 2.24) is 15.3 Å². The number of nitrogens with zero attached hydrogens (tertiary/aromatic N) is 2. The number of benzene rings is 1. The highest BCUT2D eigenvalue weighted by Crippen LogP contribution is 2.33. The van der Waals surface area contributed by atoms with E-state index in [1.807, 2.05) is 13.0 Å². The van der Waals surface area contributed by atoms with E-state index in [9.17, 15) is 4.79 Å². The lowest BCUT2D eigenvalue weighted by Crippen LogP contribution is -2.34. The van der Waals surface area contributed by atoms with Crippen LogP contribution in [0.15, 0.2) is 30.6 Å². The molecule has 0 fully saturated rings. The monoisotopic (exact) mass is 367 g/mol. The van der Waals surface area contributed by atoms with Gasteiger partial charge in [-0.3, -0.25) is 4.79 Å². The van der Waals surface area contributed by atoms with Crippen molar-refractivity contribution in [3.05, 3.63) is 52.2 Å². The van der Waals surface area contributed by atoms with Crippen LogP contribution < -0.4 is 10.1 Å². The number of amides is 1. The van der Waals surface area contributed by atoms with Crippen LogP contribution in [0.3, 0.4) is 0 Å². The second-order valence-electron chi connectivity index (χ2n) is 6.64. The molecule has 26 heavy (non-hydrogen) atoms. The number of thiophene rings is 1. The van der Waals surface area contributed by atoms with Gasteiger partial charge in [0.05, 0.1) is 11.4 Å². The van der Waals surface area contributed by atoms with E-state index in [4.69, 9.17) is 4.74 Å². The Balaban J connectivity index is 1.46.